The van der Waals surface area contributed by atoms with Gasteiger partial charge < -0.3 is 9.84 Å². The summed E-state index contributed by atoms with van der Waals surface area (Å²) in [6, 6.07) is 8.16. The Morgan fingerprint density at radius 3 is 2.88 bits per heavy atom. The Morgan fingerprint density at radius 2 is 2.15 bits per heavy atom. The largest absolute Gasteiger partial charge is 0.469 e. The van der Waals surface area contributed by atoms with Gasteiger partial charge >= 0.3 is 5.97 Å². The molecule has 1 aliphatic rings. The van der Waals surface area contributed by atoms with Gasteiger partial charge in [0.15, 0.2) is 0 Å². The van der Waals surface area contributed by atoms with Gasteiger partial charge in [0.2, 0.25) is 0 Å². The Balaban J connectivity index is 1.55. The van der Waals surface area contributed by atoms with Crippen molar-refractivity contribution >= 4 is 39.0 Å². The van der Waals surface area contributed by atoms with Crippen molar-refractivity contribution in [3.05, 3.63) is 83.3 Å². The molecular weight excluding hydrogens is 464 g/mol. The summed E-state index contributed by atoms with van der Waals surface area (Å²) in [4.78, 5) is 12.3. The van der Waals surface area contributed by atoms with E-state index in [2.05, 4.69) is 42.2 Å². The number of aliphatic hydroxyl groups is 1. The lowest BCUT2D eigenvalue weighted by Crippen LogP contribution is -2.13. The summed E-state index contributed by atoms with van der Waals surface area (Å²) in [5.41, 5.74) is 1.24. The minimum Gasteiger partial charge on any atom is -0.469 e. The van der Waals surface area contributed by atoms with Crippen molar-refractivity contribution in [3.63, 3.8) is 0 Å². The predicted octanol–water partition coefficient (Wildman–Crippen LogP) is 7.69. The summed E-state index contributed by atoms with van der Waals surface area (Å²) in [6.45, 7) is 8.34. The molecule has 3 rings (SSSR count). The van der Waals surface area contributed by atoms with E-state index in [1.54, 1.807) is 11.3 Å². The molecule has 1 N–H and O–H groups in total. The zero-order valence-corrected chi connectivity index (χ0v) is 21.5. The summed E-state index contributed by atoms with van der Waals surface area (Å²) in [7, 11) is 1.42. The maximum atomic E-state index is 11.2. The highest BCUT2D eigenvalue weighted by molar-refractivity contribution is 7.19. The molecule has 1 heterocycles. The fourth-order valence-electron chi connectivity index (χ4n) is 4.69. The van der Waals surface area contributed by atoms with Gasteiger partial charge in [-0.05, 0) is 62.3 Å². The van der Waals surface area contributed by atoms with Crippen LogP contribution in [0.15, 0.2) is 73.4 Å². The smallest absolute Gasteiger partial charge is 0.305 e. The molecule has 0 amide bonds. The van der Waals surface area contributed by atoms with Gasteiger partial charge in [0, 0.05) is 21.4 Å². The van der Waals surface area contributed by atoms with Crippen molar-refractivity contribution in [2.24, 2.45) is 17.8 Å². The molecule has 0 bridgehead atoms. The first kappa shape index (κ1) is 26.5. The summed E-state index contributed by atoms with van der Waals surface area (Å²) < 4.78 is 5.87. The summed E-state index contributed by atoms with van der Waals surface area (Å²) in [5.74, 6) is 0.795. The van der Waals surface area contributed by atoms with Crippen molar-refractivity contribution in [3.8, 4) is 0 Å². The Labute approximate surface area is 212 Å². The van der Waals surface area contributed by atoms with Gasteiger partial charge in [-0.1, -0.05) is 72.3 Å². The third kappa shape index (κ3) is 6.94. The van der Waals surface area contributed by atoms with Crippen molar-refractivity contribution in [1.29, 1.82) is 0 Å². The van der Waals surface area contributed by atoms with Crippen molar-refractivity contribution in [2.45, 2.75) is 51.0 Å². The lowest BCUT2D eigenvalue weighted by atomic mass is 9.85. The van der Waals surface area contributed by atoms with Gasteiger partial charge in [0.25, 0.3) is 0 Å². The SMILES string of the molecule is C=C[C@@H]1CC(=C)[C@H](C/C=C\CCCC(=O)OC)[C@H]1/C=C/C(O)CCc1sc2ccccc2c1Cl. The molecule has 1 fully saturated rings. The standard InChI is InChI=1S/C29H35ClO3S/c1-4-21-19-20(2)23(11-7-5-6-8-14-28(32)33-3)24(21)17-15-22(31)16-18-27-29(30)25-12-9-10-13-26(25)34-27/h4-5,7,9-10,12-13,15,17,21-24,31H,1-2,6,8,11,14,16,18-19H2,3H3/b7-5-,17-15+/t21-,22?,23+,24+/m1/s1. The van der Waals surface area contributed by atoms with Gasteiger partial charge in [-0.15, -0.1) is 17.9 Å². The van der Waals surface area contributed by atoms with Crippen LogP contribution in [0, 0.1) is 17.8 Å². The van der Waals surface area contributed by atoms with Crippen LogP contribution in [0.3, 0.4) is 0 Å². The number of rotatable bonds is 12. The molecule has 1 saturated carbocycles. The van der Waals surface area contributed by atoms with Gasteiger partial charge in [-0.2, -0.15) is 0 Å². The second-order valence-electron chi connectivity index (χ2n) is 8.95. The van der Waals surface area contributed by atoms with Gasteiger partial charge in [0.05, 0.1) is 18.2 Å². The van der Waals surface area contributed by atoms with Crippen LogP contribution in [0.25, 0.3) is 10.1 Å². The number of esters is 1. The Hall–Kier alpha value is -2.14. The first-order chi connectivity index (χ1) is 16.4. The normalized spacial score (nSPS) is 21.6. The van der Waals surface area contributed by atoms with Gasteiger partial charge in [-0.3, -0.25) is 4.79 Å². The Kier molecular flexibility index (Phi) is 10.2. The quantitative estimate of drug-likeness (QED) is 0.185. The molecule has 1 aromatic carbocycles. The maximum Gasteiger partial charge on any atom is 0.305 e. The first-order valence-electron chi connectivity index (χ1n) is 12.0. The number of carbonyl (C=O) groups is 1. The Morgan fingerprint density at radius 1 is 1.35 bits per heavy atom. The Bertz CT molecular complexity index is 1050. The van der Waals surface area contributed by atoms with Crippen LogP contribution < -0.4 is 0 Å². The van der Waals surface area contributed by atoms with E-state index < -0.39 is 6.10 Å². The number of carbonyl (C=O) groups excluding carboxylic acids is 1. The maximum absolute atomic E-state index is 11.2. The van der Waals surface area contributed by atoms with Crippen LogP contribution in [0.1, 0.15) is 43.4 Å². The number of allylic oxidation sites excluding steroid dienone is 5. The van der Waals surface area contributed by atoms with E-state index in [-0.39, 0.29) is 11.9 Å². The lowest BCUT2D eigenvalue weighted by Gasteiger charge is -2.19. The minimum absolute atomic E-state index is 0.162. The molecule has 4 atom stereocenters. The van der Waals surface area contributed by atoms with Crippen LogP contribution in [-0.4, -0.2) is 24.3 Å². The number of aliphatic hydroxyl groups excluding tert-OH is 1. The van der Waals surface area contributed by atoms with Crippen molar-refractivity contribution in [1.82, 2.24) is 0 Å². The molecular formula is C29H35ClO3S. The monoisotopic (exact) mass is 498 g/mol. The fraction of sp³-hybridized carbons (Fsp3) is 0.414. The van der Waals surface area contributed by atoms with E-state index >= 15 is 0 Å². The average molecular weight is 499 g/mol. The molecule has 182 valence electrons. The van der Waals surface area contributed by atoms with Gasteiger partial charge in [0.1, 0.15) is 0 Å². The minimum atomic E-state index is -0.518. The second-order valence-corrected chi connectivity index (χ2v) is 10.5. The third-order valence-corrected chi connectivity index (χ3v) is 8.42. The lowest BCUT2D eigenvalue weighted by molar-refractivity contribution is -0.140. The molecule has 1 aliphatic carbocycles. The van der Waals surface area contributed by atoms with Crippen LogP contribution in [0.2, 0.25) is 5.02 Å². The molecule has 34 heavy (non-hydrogen) atoms. The number of thiophene rings is 1. The molecule has 0 radical (unpaired) electrons. The van der Waals surface area contributed by atoms with Crippen molar-refractivity contribution < 1.29 is 14.6 Å². The van der Waals surface area contributed by atoms with Crippen LogP contribution in [0.4, 0.5) is 0 Å². The third-order valence-electron chi connectivity index (χ3n) is 6.64. The highest BCUT2D eigenvalue weighted by atomic mass is 35.5. The average Bonchev–Trinajstić information content (AvgIpc) is 3.33. The number of benzene rings is 1. The number of unbranched alkanes of at least 4 members (excludes halogenated alkanes) is 1. The number of ether oxygens (including phenoxy) is 1. The molecule has 0 aliphatic heterocycles. The molecule has 2 aromatic rings. The highest BCUT2D eigenvalue weighted by Crippen LogP contribution is 2.44. The summed E-state index contributed by atoms with van der Waals surface area (Å²) in [6.07, 6.45) is 15.3. The zero-order chi connectivity index (χ0) is 24.5. The van der Waals surface area contributed by atoms with E-state index in [4.69, 9.17) is 11.6 Å². The van der Waals surface area contributed by atoms with Crippen LogP contribution in [0.5, 0.6) is 0 Å². The second kappa shape index (κ2) is 13.1. The van der Waals surface area contributed by atoms with E-state index in [1.807, 2.05) is 30.4 Å². The zero-order valence-electron chi connectivity index (χ0n) is 19.9. The fourth-order valence-corrected chi connectivity index (χ4v) is 6.23. The topological polar surface area (TPSA) is 46.5 Å². The molecule has 5 heteroatoms. The molecule has 0 saturated heterocycles. The van der Waals surface area contributed by atoms with E-state index in [1.165, 1.54) is 17.4 Å². The number of halogens is 1. The number of hydrogen-bond donors (Lipinski definition) is 1. The number of hydrogen-bond acceptors (Lipinski definition) is 4. The predicted molar refractivity (Wildman–Crippen MR) is 144 cm³/mol. The molecule has 3 nitrogen and oxygen atoms in total. The first-order valence-corrected chi connectivity index (χ1v) is 13.2. The highest BCUT2D eigenvalue weighted by Gasteiger charge is 2.34. The van der Waals surface area contributed by atoms with E-state index in [9.17, 15) is 9.90 Å². The van der Waals surface area contributed by atoms with Crippen LogP contribution >= 0.6 is 22.9 Å². The number of aryl methyl sites for hydroxylation is 1. The molecule has 1 aromatic heterocycles. The molecule has 0 spiro atoms. The number of fused-ring (bicyclic) bond motifs is 1. The van der Waals surface area contributed by atoms with Gasteiger partial charge in [-0.25, -0.2) is 0 Å². The summed E-state index contributed by atoms with van der Waals surface area (Å²) >= 11 is 8.26. The number of methoxy groups -OCH3 is 1. The van der Waals surface area contributed by atoms with Crippen molar-refractivity contribution in [2.75, 3.05) is 7.11 Å². The van der Waals surface area contributed by atoms with Crippen LogP contribution in [-0.2, 0) is 16.0 Å². The van der Waals surface area contributed by atoms with E-state index in [0.29, 0.717) is 24.7 Å². The van der Waals surface area contributed by atoms with E-state index in [0.717, 1.165) is 47.4 Å². The summed E-state index contributed by atoms with van der Waals surface area (Å²) in [5, 5.41) is 12.6. The molecule has 1 unspecified atom stereocenters.